The van der Waals surface area contributed by atoms with E-state index in [9.17, 15) is 0 Å². The molecule has 1 aliphatic heterocycles. The van der Waals surface area contributed by atoms with E-state index in [2.05, 4.69) is 17.2 Å². The molecule has 0 radical (unpaired) electrons. The van der Waals surface area contributed by atoms with Gasteiger partial charge in [0.1, 0.15) is 0 Å². The van der Waals surface area contributed by atoms with Gasteiger partial charge in [-0.1, -0.05) is 5.92 Å². The fourth-order valence-electron chi connectivity index (χ4n) is 0.982. The van der Waals surface area contributed by atoms with E-state index in [1.165, 1.54) is 6.42 Å². The second kappa shape index (κ2) is 4.67. The predicted molar refractivity (Wildman–Crippen MR) is 41.7 cm³/mol. The second-order valence-corrected chi connectivity index (χ2v) is 2.08. The Balaban J connectivity index is 0.000000640. The number of halogens is 1. The van der Waals surface area contributed by atoms with E-state index in [4.69, 9.17) is 0 Å². The molecule has 1 unspecified atom stereocenters. The molecule has 0 amide bonds. The highest BCUT2D eigenvalue weighted by molar-refractivity contribution is 5.85. The number of hydrogen-bond acceptors (Lipinski definition) is 1. The van der Waals surface area contributed by atoms with Crippen LogP contribution in [0, 0.1) is 17.8 Å². The highest BCUT2D eigenvalue weighted by atomic mass is 35.5. The summed E-state index contributed by atoms with van der Waals surface area (Å²) in [5, 5.41) is 3.25. The fourth-order valence-corrected chi connectivity index (χ4v) is 0.982. The van der Waals surface area contributed by atoms with Crippen molar-refractivity contribution in [2.24, 2.45) is 5.92 Å². The van der Waals surface area contributed by atoms with E-state index < -0.39 is 0 Å². The van der Waals surface area contributed by atoms with Crippen LogP contribution >= 0.6 is 12.4 Å². The summed E-state index contributed by atoms with van der Waals surface area (Å²) >= 11 is 0. The van der Waals surface area contributed by atoms with E-state index in [0.29, 0.717) is 5.92 Å². The van der Waals surface area contributed by atoms with Gasteiger partial charge in [-0.2, -0.15) is 0 Å². The Hall–Kier alpha value is -0.190. The quantitative estimate of drug-likeness (QED) is 0.503. The van der Waals surface area contributed by atoms with Crippen LogP contribution in [0.3, 0.4) is 0 Å². The zero-order valence-electron chi connectivity index (χ0n) is 5.61. The van der Waals surface area contributed by atoms with E-state index >= 15 is 0 Å². The lowest BCUT2D eigenvalue weighted by Crippen LogP contribution is -2.07. The lowest BCUT2D eigenvalue weighted by molar-refractivity contribution is 0.755. The van der Waals surface area contributed by atoms with Gasteiger partial charge in [-0.05, 0) is 19.9 Å². The van der Waals surface area contributed by atoms with Crippen molar-refractivity contribution in [2.75, 3.05) is 13.1 Å². The molecule has 1 heterocycles. The van der Waals surface area contributed by atoms with Gasteiger partial charge in [-0.3, -0.25) is 0 Å². The summed E-state index contributed by atoms with van der Waals surface area (Å²) in [6, 6.07) is 0. The normalized spacial score (nSPS) is 23.9. The molecule has 0 spiro atoms. The van der Waals surface area contributed by atoms with Crippen molar-refractivity contribution < 1.29 is 0 Å². The molecule has 1 rings (SSSR count). The molecule has 1 saturated heterocycles. The molecule has 0 aromatic carbocycles. The topological polar surface area (TPSA) is 12.0 Å². The summed E-state index contributed by atoms with van der Waals surface area (Å²) < 4.78 is 0. The van der Waals surface area contributed by atoms with Crippen molar-refractivity contribution in [3.8, 4) is 11.8 Å². The van der Waals surface area contributed by atoms with Gasteiger partial charge in [0.25, 0.3) is 0 Å². The molecule has 1 N–H and O–H groups in total. The summed E-state index contributed by atoms with van der Waals surface area (Å²) in [5.74, 6) is 6.69. The van der Waals surface area contributed by atoms with E-state index in [1.807, 2.05) is 6.92 Å². The lowest BCUT2D eigenvalue weighted by atomic mass is 10.1. The molecule has 1 aliphatic rings. The smallest absolute Gasteiger partial charge is 0.0339 e. The van der Waals surface area contributed by atoms with Crippen LogP contribution in [0.15, 0.2) is 0 Å². The molecule has 2 heteroatoms. The summed E-state index contributed by atoms with van der Waals surface area (Å²) in [5.41, 5.74) is 0. The highest BCUT2D eigenvalue weighted by Gasteiger charge is 2.09. The Labute approximate surface area is 62.6 Å². The minimum Gasteiger partial charge on any atom is -0.315 e. The summed E-state index contributed by atoms with van der Waals surface area (Å²) in [4.78, 5) is 0. The largest absolute Gasteiger partial charge is 0.315 e. The minimum atomic E-state index is 0. The monoisotopic (exact) mass is 145 g/mol. The van der Waals surface area contributed by atoms with Crippen LogP contribution < -0.4 is 5.32 Å². The predicted octanol–water partition coefficient (Wildman–Crippen LogP) is 1.04. The van der Waals surface area contributed by atoms with Crippen molar-refractivity contribution in [3.63, 3.8) is 0 Å². The molecule has 1 fully saturated rings. The maximum Gasteiger partial charge on any atom is 0.0339 e. The van der Waals surface area contributed by atoms with Crippen LogP contribution in [0.2, 0.25) is 0 Å². The lowest BCUT2D eigenvalue weighted by Gasteiger charge is -1.91. The molecule has 1 nitrogen and oxygen atoms in total. The molecule has 52 valence electrons. The molecule has 0 aromatic rings. The van der Waals surface area contributed by atoms with Crippen LogP contribution in [0.25, 0.3) is 0 Å². The van der Waals surface area contributed by atoms with Gasteiger partial charge in [0.2, 0.25) is 0 Å². The Morgan fingerprint density at radius 1 is 1.56 bits per heavy atom. The van der Waals surface area contributed by atoms with Gasteiger partial charge >= 0.3 is 0 Å². The van der Waals surface area contributed by atoms with Gasteiger partial charge in [0.05, 0.1) is 0 Å². The third kappa shape index (κ3) is 2.74. The number of rotatable bonds is 0. The van der Waals surface area contributed by atoms with Gasteiger partial charge in [-0.25, -0.2) is 0 Å². The van der Waals surface area contributed by atoms with Gasteiger partial charge < -0.3 is 5.32 Å². The summed E-state index contributed by atoms with van der Waals surface area (Å²) in [6.07, 6.45) is 1.24. The Morgan fingerprint density at radius 2 is 2.33 bits per heavy atom. The average molecular weight is 146 g/mol. The van der Waals surface area contributed by atoms with Crippen LogP contribution in [0.5, 0.6) is 0 Å². The Bertz CT molecular complexity index is 117. The second-order valence-electron chi connectivity index (χ2n) is 2.08. The van der Waals surface area contributed by atoms with E-state index in [1.54, 1.807) is 0 Å². The first kappa shape index (κ1) is 8.81. The van der Waals surface area contributed by atoms with E-state index in [0.717, 1.165) is 13.1 Å². The Morgan fingerprint density at radius 3 is 2.78 bits per heavy atom. The zero-order valence-corrected chi connectivity index (χ0v) is 6.42. The minimum absolute atomic E-state index is 0. The first-order valence-electron chi connectivity index (χ1n) is 3.06. The van der Waals surface area contributed by atoms with Gasteiger partial charge in [-0.15, -0.1) is 18.3 Å². The molecule has 0 saturated carbocycles. The van der Waals surface area contributed by atoms with Gasteiger partial charge in [0.15, 0.2) is 0 Å². The van der Waals surface area contributed by atoms with Crippen LogP contribution in [-0.2, 0) is 0 Å². The molecule has 9 heavy (non-hydrogen) atoms. The van der Waals surface area contributed by atoms with Crippen LogP contribution in [-0.4, -0.2) is 13.1 Å². The summed E-state index contributed by atoms with van der Waals surface area (Å²) in [6.45, 7) is 4.15. The van der Waals surface area contributed by atoms with Crippen molar-refractivity contribution in [2.45, 2.75) is 13.3 Å². The molecule has 0 aliphatic carbocycles. The molecule has 1 atom stereocenters. The maximum atomic E-state index is 3.25. The molecule has 0 bridgehead atoms. The first-order chi connectivity index (χ1) is 3.93. The molecule has 0 aromatic heterocycles. The van der Waals surface area contributed by atoms with Gasteiger partial charge in [0, 0.05) is 12.5 Å². The van der Waals surface area contributed by atoms with Crippen molar-refractivity contribution in [1.29, 1.82) is 0 Å². The highest BCUT2D eigenvalue weighted by Crippen LogP contribution is 2.03. The van der Waals surface area contributed by atoms with Crippen molar-refractivity contribution >= 4 is 12.4 Å². The SMILES string of the molecule is CC#CC1CCNC1.Cl. The third-order valence-electron chi connectivity index (χ3n) is 1.41. The third-order valence-corrected chi connectivity index (χ3v) is 1.41. The van der Waals surface area contributed by atoms with Crippen molar-refractivity contribution in [3.05, 3.63) is 0 Å². The summed E-state index contributed by atoms with van der Waals surface area (Å²) in [7, 11) is 0. The molecular weight excluding hydrogens is 134 g/mol. The van der Waals surface area contributed by atoms with E-state index in [-0.39, 0.29) is 12.4 Å². The fraction of sp³-hybridized carbons (Fsp3) is 0.714. The molecular formula is C7H12ClN. The number of nitrogens with one attached hydrogen (secondary N) is 1. The standard InChI is InChI=1S/C7H11N.ClH/c1-2-3-7-4-5-8-6-7;/h7-8H,4-6H2,1H3;1H. The van der Waals surface area contributed by atoms with Crippen LogP contribution in [0.1, 0.15) is 13.3 Å². The zero-order chi connectivity index (χ0) is 5.82. The first-order valence-corrected chi connectivity index (χ1v) is 3.06. The van der Waals surface area contributed by atoms with Crippen molar-refractivity contribution in [1.82, 2.24) is 5.32 Å². The maximum absolute atomic E-state index is 3.25. The number of hydrogen-bond donors (Lipinski definition) is 1. The average Bonchev–Trinajstić information content (AvgIpc) is 2.19. The van der Waals surface area contributed by atoms with Crippen LogP contribution in [0.4, 0.5) is 0 Å². The Kier molecular flexibility index (Phi) is 4.57.